The molecule has 2 aromatic carbocycles. The number of aromatic hydroxyl groups is 1. The summed E-state index contributed by atoms with van der Waals surface area (Å²) in [6, 6.07) is 11.8. The summed E-state index contributed by atoms with van der Waals surface area (Å²) in [6.07, 6.45) is 6.16. The number of amides is 2. The van der Waals surface area contributed by atoms with Crippen LogP contribution in [-0.2, 0) is 39.8 Å². The van der Waals surface area contributed by atoms with E-state index in [0.29, 0.717) is 12.0 Å². The summed E-state index contributed by atoms with van der Waals surface area (Å²) in [6.45, 7) is 6.10. The Labute approximate surface area is 327 Å². The van der Waals surface area contributed by atoms with Gasteiger partial charge in [0.25, 0.3) is 0 Å². The van der Waals surface area contributed by atoms with Gasteiger partial charge in [0.1, 0.15) is 35.7 Å². The van der Waals surface area contributed by atoms with Crippen molar-refractivity contribution < 1.29 is 53.4 Å². The molecule has 6 atom stereocenters. The molecule has 3 fully saturated rings. The number of rotatable bonds is 16. The Kier molecular flexibility index (Phi) is 12.7. The van der Waals surface area contributed by atoms with Gasteiger partial charge in [-0.3, -0.25) is 14.4 Å². The minimum absolute atomic E-state index is 0.0308. The van der Waals surface area contributed by atoms with Crippen LogP contribution in [0.4, 0.5) is 0 Å². The average Bonchev–Trinajstić information content (AvgIpc) is 4.10. The van der Waals surface area contributed by atoms with Gasteiger partial charge in [-0.15, -0.1) is 0 Å². The van der Waals surface area contributed by atoms with Gasteiger partial charge in [0.05, 0.1) is 24.3 Å². The molecule has 56 heavy (non-hydrogen) atoms. The first-order chi connectivity index (χ1) is 26.7. The van der Waals surface area contributed by atoms with Gasteiger partial charge in [-0.25, -0.2) is 4.79 Å². The van der Waals surface area contributed by atoms with Crippen molar-refractivity contribution in [1.29, 1.82) is 0 Å². The van der Waals surface area contributed by atoms with Gasteiger partial charge in [0.2, 0.25) is 11.8 Å². The second-order valence-corrected chi connectivity index (χ2v) is 16.3. The maximum absolute atomic E-state index is 13.9. The Morgan fingerprint density at radius 3 is 2.36 bits per heavy atom. The van der Waals surface area contributed by atoms with Gasteiger partial charge in [-0.2, -0.15) is 0 Å². The summed E-state index contributed by atoms with van der Waals surface area (Å²) in [5, 5.41) is 35.9. The van der Waals surface area contributed by atoms with Gasteiger partial charge in [-0.1, -0.05) is 42.5 Å². The molecule has 3 aliphatic carbocycles. The normalized spacial score (nSPS) is 23.3. The van der Waals surface area contributed by atoms with Crippen LogP contribution in [0.1, 0.15) is 94.1 Å². The van der Waals surface area contributed by atoms with Crippen LogP contribution in [0.3, 0.4) is 0 Å². The smallest absolute Gasteiger partial charge is 0.338 e. The second kappa shape index (κ2) is 17.3. The van der Waals surface area contributed by atoms with Crippen LogP contribution >= 0.6 is 0 Å². The summed E-state index contributed by atoms with van der Waals surface area (Å²) in [5.74, 6) is -2.68. The maximum Gasteiger partial charge on any atom is 0.338 e. The third-order valence-electron chi connectivity index (χ3n) is 10.5. The molecular weight excluding hydrogens is 720 g/mol. The number of nitrogens with one attached hydrogen (secondary N) is 2. The summed E-state index contributed by atoms with van der Waals surface area (Å²) < 4.78 is 24.8. The summed E-state index contributed by atoms with van der Waals surface area (Å²) in [4.78, 5) is 53.2. The summed E-state index contributed by atoms with van der Waals surface area (Å²) >= 11 is 0. The number of allylic oxidation sites excluding steroid dienone is 1. The molecule has 13 heteroatoms. The minimum Gasteiger partial charge on any atom is -0.508 e. The lowest BCUT2D eigenvalue weighted by molar-refractivity contribution is -0.209. The van der Waals surface area contributed by atoms with Crippen LogP contribution in [0.25, 0.3) is 6.08 Å². The van der Waals surface area contributed by atoms with Crippen molar-refractivity contribution in [1.82, 2.24) is 10.6 Å². The van der Waals surface area contributed by atoms with Crippen LogP contribution in [0.15, 0.2) is 66.3 Å². The van der Waals surface area contributed by atoms with E-state index >= 15 is 0 Å². The van der Waals surface area contributed by atoms with Gasteiger partial charge >= 0.3 is 11.9 Å². The minimum atomic E-state index is -1.41. The van der Waals surface area contributed by atoms with Crippen molar-refractivity contribution in [3.63, 3.8) is 0 Å². The van der Waals surface area contributed by atoms with E-state index in [0.717, 1.165) is 36.8 Å². The fraction of sp³-hybridized carbons (Fsp3) is 0.535. The number of phenolic OH excluding ortho intramolecular Hbond substituents is 1. The number of esters is 2. The molecule has 0 bridgehead atoms. The van der Waals surface area contributed by atoms with E-state index in [9.17, 15) is 34.5 Å². The van der Waals surface area contributed by atoms with E-state index in [-0.39, 0.29) is 42.4 Å². The number of aliphatic hydroxyl groups excluding tert-OH is 2. The number of aliphatic hydroxyl groups is 2. The molecule has 1 heterocycles. The molecule has 2 amide bonds. The van der Waals surface area contributed by atoms with Crippen LogP contribution in [-0.4, -0.2) is 93.6 Å². The highest BCUT2D eigenvalue weighted by Crippen LogP contribution is 2.59. The molecule has 0 spiro atoms. The van der Waals surface area contributed by atoms with Gasteiger partial charge in [0, 0.05) is 30.3 Å². The second-order valence-electron chi connectivity index (χ2n) is 16.3. The lowest BCUT2D eigenvalue weighted by Gasteiger charge is -2.31. The van der Waals surface area contributed by atoms with Crippen molar-refractivity contribution >= 4 is 29.8 Å². The van der Waals surface area contributed by atoms with E-state index < -0.39 is 78.2 Å². The number of carbonyl (C=O) groups is 4. The molecular formula is C43H54N2O11. The molecule has 1 aliphatic heterocycles. The molecule has 6 rings (SSSR count). The Balaban J connectivity index is 1.15. The molecule has 0 aromatic heterocycles. The molecule has 4 aliphatic rings. The monoisotopic (exact) mass is 774 g/mol. The third-order valence-corrected chi connectivity index (χ3v) is 10.5. The highest BCUT2D eigenvalue weighted by molar-refractivity contribution is 5.98. The lowest BCUT2D eigenvalue weighted by atomic mass is 9.91. The quantitative estimate of drug-likeness (QED) is 0.153. The van der Waals surface area contributed by atoms with Crippen molar-refractivity contribution in [3.8, 4) is 5.75 Å². The Bertz CT molecular complexity index is 1810. The Hall–Kier alpha value is -4.56. The molecule has 13 nitrogen and oxygen atoms in total. The highest BCUT2D eigenvalue weighted by atomic mass is 16.8. The average molecular weight is 775 g/mol. The van der Waals surface area contributed by atoms with E-state index in [1.54, 1.807) is 57.2 Å². The highest BCUT2D eigenvalue weighted by Gasteiger charge is 2.64. The van der Waals surface area contributed by atoms with Crippen molar-refractivity contribution in [2.45, 2.75) is 127 Å². The fourth-order valence-electron chi connectivity index (χ4n) is 7.37. The van der Waals surface area contributed by atoms with Gasteiger partial charge < -0.3 is 44.9 Å². The molecule has 2 aromatic rings. The number of ether oxygens (including phenoxy) is 4. The molecule has 1 saturated heterocycles. The molecule has 0 radical (unpaired) electrons. The number of para-hydroxylation sites is 1. The molecule has 2 saturated carbocycles. The number of phenols is 1. The van der Waals surface area contributed by atoms with Crippen LogP contribution < -0.4 is 10.6 Å². The van der Waals surface area contributed by atoms with E-state index in [2.05, 4.69) is 10.6 Å². The fourth-order valence-corrected chi connectivity index (χ4v) is 7.37. The van der Waals surface area contributed by atoms with Crippen LogP contribution in [0, 0.1) is 11.8 Å². The molecule has 302 valence electrons. The first kappa shape index (κ1) is 41.1. The molecule has 6 unspecified atom stereocenters. The SMILES string of the molecule is CC(O)C(NC(=O)C1=CC2OC(C3CC3)(C3CC3)OC2C(OC(=O)c2cccc(C=CCc3ccccc3O)c2)C1)C(=O)NC(CO)CCC(=O)OC(C)(C)C. The first-order valence-corrected chi connectivity index (χ1v) is 19.6. The van der Waals surface area contributed by atoms with Crippen molar-refractivity contribution in [2.24, 2.45) is 11.8 Å². The number of hydrogen-bond acceptors (Lipinski definition) is 11. The van der Waals surface area contributed by atoms with Crippen LogP contribution in [0.2, 0.25) is 0 Å². The number of fused-ring (bicyclic) bond motifs is 1. The zero-order valence-corrected chi connectivity index (χ0v) is 32.4. The van der Waals surface area contributed by atoms with Crippen LogP contribution in [0.5, 0.6) is 5.75 Å². The summed E-state index contributed by atoms with van der Waals surface area (Å²) in [5.41, 5.74) is 1.35. The predicted molar refractivity (Wildman–Crippen MR) is 205 cm³/mol. The zero-order valence-electron chi connectivity index (χ0n) is 32.4. The predicted octanol–water partition coefficient (Wildman–Crippen LogP) is 4.27. The topological polar surface area (TPSA) is 190 Å². The van der Waals surface area contributed by atoms with E-state index in [4.69, 9.17) is 18.9 Å². The zero-order chi connectivity index (χ0) is 40.2. The van der Waals surface area contributed by atoms with E-state index in [1.807, 2.05) is 30.4 Å². The van der Waals surface area contributed by atoms with Gasteiger partial charge in [0.15, 0.2) is 5.79 Å². The Morgan fingerprint density at radius 2 is 1.71 bits per heavy atom. The van der Waals surface area contributed by atoms with Crippen molar-refractivity contribution in [3.05, 3.63) is 82.9 Å². The summed E-state index contributed by atoms with van der Waals surface area (Å²) in [7, 11) is 0. The van der Waals surface area contributed by atoms with Crippen molar-refractivity contribution in [2.75, 3.05) is 6.61 Å². The molecule has 5 N–H and O–H groups in total. The van der Waals surface area contributed by atoms with Gasteiger partial charge in [-0.05, 0) is 102 Å². The Morgan fingerprint density at radius 1 is 1.00 bits per heavy atom. The standard InChI is InChI=1S/C43H54N2O11/c1-25(47)37(40(51)44-32(24-46)19-20-36(49)55-42(2,3)4)45-39(50)29-22-34(38-35(23-29)54-43(56-38,30-15-16-30)31-17-18-31)53-41(52)28-13-8-10-26(21-28)9-7-12-27-11-5-6-14-33(27)48/h5-11,13-14,21,23,25,30-32,34-35,37-38,46-48H,12,15-20,22,24H2,1-4H3,(H,44,51)(H,45,50). The number of hydrogen-bond donors (Lipinski definition) is 5. The van der Waals surface area contributed by atoms with E-state index in [1.165, 1.54) is 6.92 Å². The largest absolute Gasteiger partial charge is 0.508 e. The first-order valence-electron chi connectivity index (χ1n) is 19.6. The number of benzene rings is 2. The lowest BCUT2D eigenvalue weighted by Crippen LogP contribution is -2.55. The third kappa shape index (κ3) is 10.2. The maximum atomic E-state index is 13.9. The number of carbonyl (C=O) groups excluding carboxylic acids is 4.